The van der Waals surface area contributed by atoms with Gasteiger partial charge in [0.2, 0.25) is 0 Å². The number of ether oxygens (including phenoxy) is 1. The Morgan fingerprint density at radius 2 is 2.05 bits per heavy atom. The summed E-state index contributed by atoms with van der Waals surface area (Å²) in [6.07, 6.45) is 3.65. The molecule has 0 spiro atoms. The molecule has 0 saturated carbocycles. The zero-order valence-corrected chi connectivity index (χ0v) is 11.6. The number of H-pyrrole nitrogens is 1. The van der Waals surface area contributed by atoms with Crippen molar-refractivity contribution >= 4 is 0 Å². The molecular weight excluding hydrogens is 238 g/mol. The van der Waals surface area contributed by atoms with Crippen molar-refractivity contribution < 1.29 is 4.74 Å². The third-order valence-electron chi connectivity index (χ3n) is 3.04. The fraction of sp³-hybridized carbons (Fsp3) is 0.400. The first-order chi connectivity index (χ1) is 9.33. The molecule has 2 rings (SSSR count). The van der Waals surface area contributed by atoms with E-state index in [0.29, 0.717) is 6.61 Å². The second-order valence-corrected chi connectivity index (χ2v) is 4.38. The van der Waals surface area contributed by atoms with E-state index in [1.165, 1.54) is 5.56 Å². The van der Waals surface area contributed by atoms with Crippen LogP contribution in [0.2, 0.25) is 0 Å². The van der Waals surface area contributed by atoms with Crippen molar-refractivity contribution in [3.05, 3.63) is 48.0 Å². The van der Waals surface area contributed by atoms with E-state index >= 15 is 0 Å². The number of benzene rings is 1. The smallest absolute Gasteiger partial charge is 0.123 e. The number of imidazole rings is 1. The molecule has 0 unspecified atom stereocenters. The van der Waals surface area contributed by atoms with Gasteiger partial charge in [-0.15, -0.1) is 0 Å². The van der Waals surface area contributed by atoms with Gasteiger partial charge >= 0.3 is 0 Å². The van der Waals surface area contributed by atoms with Gasteiger partial charge in [-0.1, -0.05) is 25.1 Å². The molecule has 1 heterocycles. The molecule has 19 heavy (non-hydrogen) atoms. The number of hydrogen-bond acceptors (Lipinski definition) is 3. The van der Waals surface area contributed by atoms with Crippen LogP contribution in [0.15, 0.2) is 36.7 Å². The van der Waals surface area contributed by atoms with Crippen LogP contribution < -0.4 is 4.74 Å². The van der Waals surface area contributed by atoms with Crippen molar-refractivity contribution in [1.29, 1.82) is 0 Å². The van der Waals surface area contributed by atoms with Gasteiger partial charge in [0.25, 0.3) is 0 Å². The second-order valence-electron chi connectivity index (χ2n) is 4.38. The van der Waals surface area contributed by atoms with E-state index in [1.54, 1.807) is 6.20 Å². The number of nitrogens with one attached hydrogen (secondary N) is 1. The first kappa shape index (κ1) is 13.6. The monoisotopic (exact) mass is 259 g/mol. The Hall–Kier alpha value is -1.81. The maximum atomic E-state index is 5.67. The Labute approximate surface area is 114 Å². The molecule has 2 aromatic rings. The molecule has 4 nitrogen and oxygen atoms in total. The molecule has 1 aromatic heterocycles. The number of aromatic amines is 1. The molecule has 0 radical (unpaired) electrons. The van der Waals surface area contributed by atoms with Crippen molar-refractivity contribution in [3.63, 3.8) is 0 Å². The van der Waals surface area contributed by atoms with Crippen molar-refractivity contribution in [3.8, 4) is 5.75 Å². The molecule has 0 aliphatic rings. The molecular formula is C15H21N3O. The minimum absolute atomic E-state index is 0.696. The van der Waals surface area contributed by atoms with Crippen LogP contribution in [0.4, 0.5) is 0 Å². The summed E-state index contributed by atoms with van der Waals surface area (Å²) >= 11 is 0. The summed E-state index contributed by atoms with van der Waals surface area (Å²) in [5.74, 6) is 1.97. The maximum absolute atomic E-state index is 5.67. The van der Waals surface area contributed by atoms with Crippen LogP contribution in [0.5, 0.6) is 5.75 Å². The van der Waals surface area contributed by atoms with Gasteiger partial charge in [-0.25, -0.2) is 4.98 Å². The molecule has 0 fully saturated rings. The van der Waals surface area contributed by atoms with Crippen LogP contribution in [0.1, 0.15) is 25.2 Å². The fourth-order valence-corrected chi connectivity index (χ4v) is 2.05. The third-order valence-corrected chi connectivity index (χ3v) is 3.04. The van der Waals surface area contributed by atoms with Crippen LogP contribution in [0, 0.1) is 0 Å². The normalized spacial score (nSPS) is 10.9. The van der Waals surface area contributed by atoms with Crippen LogP contribution in [0.25, 0.3) is 0 Å². The third kappa shape index (κ3) is 3.83. The van der Waals surface area contributed by atoms with Crippen LogP contribution >= 0.6 is 0 Å². The highest BCUT2D eigenvalue weighted by Crippen LogP contribution is 2.20. The number of rotatable bonds is 7. The Kier molecular flexibility index (Phi) is 4.98. The average Bonchev–Trinajstić information content (AvgIpc) is 2.93. The Morgan fingerprint density at radius 3 is 2.74 bits per heavy atom. The quantitative estimate of drug-likeness (QED) is 0.831. The number of hydrogen-bond donors (Lipinski definition) is 1. The summed E-state index contributed by atoms with van der Waals surface area (Å²) in [5.41, 5.74) is 1.22. The number of nitrogens with zero attached hydrogens (tertiary/aromatic N) is 2. The summed E-state index contributed by atoms with van der Waals surface area (Å²) in [5, 5.41) is 0. The molecule has 0 atom stereocenters. The largest absolute Gasteiger partial charge is 0.494 e. The fourth-order valence-electron chi connectivity index (χ4n) is 2.05. The molecule has 1 N–H and O–H groups in total. The van der Waals surface area contributed by atoms with Gasteiger partial charge in [-0.3, -0.25) is 4.90 Å². The van der Waals surface area contributed by atoms with Gasteiger partial charge < -0.3 is 9.72 Å². The first-order valence-electron chi connectivity index (χ1n) is 6.74. The minimum Gasteiger partial charge on any atom is -0.494 e. The van der Waals surface area contributed by atoms with E-state index in [9.17, 15) is 0 Å². The lowest BCUT2D eigenvalue weighted by molar-refractivity contribution is 0.256. The summed E-state index contributed by atoms with van der Waals surface area (Å²) < 4.78 is 5.67. The second kappa shape index (κ2) is 6.95. The zero-order chi connectivity index (χ0) is 13.5. The highest BCUT2D eigenvalue weighted by atomic mass is 16.5. The van der Waals surface area contributed by atoms with E-state index in [4.69, 9.17) is 4.74 Å². The summed E-state index contributed by atoms with van der Waals surface area (Å²) in [7, 11) is 0. The molecule has 102 valence electrons. The first-order valence-corrected chi connectivity index (χ1v) is 6.74. The van der Waals surface area contributed by atoms with Gasteiger partial charge in [0.1, 0.15) is 11.6 Å². The summed E-state index contributed by atoms with van der Waals surface area (Å²) in [6.45, 7) is 7.53. The van der Waals surface area contributed by atoms with Crippen LogP contribution in [0.3, 0.4) is 0 Å². The van der Waals surface area contributed by atoms with E-state index in [1.807, 2.05) is 25.3 Å². The van der Waals surface area contributed by atoms with Gasteiger partial charge in [0.05, 0.1) is 13.2 Å². The Morgan fingerprint density at radius 1 is 1.21 bits per heavy atom. The number of para-hydroxylation sites is 1. The van der Waals surface area contributed by atoms with Crippen LogP contribution in [-0.4, -0.2) is 28.0 Å². The highest BCUT2D eigenvalue weighted by Gasteiger charge is 2.09. The molecule has 0 saturated heterocycles. The SMILES string of the molecule is CCOc1ccccc1CN(CC)Cc1ncc[nH]1. The highest BCUT2D eigenvalue weighted by molar-refractivity contribution is 5.33. The molecule has 1 aromatic carbocycles. The summed E-state index contributed by atoms with van der Waals surface area (Å²) in [4.78, 5) is 9.75. The van der Waals surface area contributed by atoms with Crippen molar-refractivity contribution in [1.82, 2.24) is 14.9 Å². The lowest BCUT2D eigenvalue weighted by atomic mass is 10.2. The topological polar surface area (TPSA) is 41.1 Å². The zero-order valence-electron chi connectivity index (χ0n) is 11.6. The van der Waals surface area contributed by atoms with E-state index < -0.39 is 0 Å². The Balaban J connectivity index is 2.05. The lowest BCUT2D eigenvalue weighted by Gasteiger charge is -2.20. The standard InChI is InChI=1S/C15H21N3O/c1-3-18(12-15-16-9-10-17-15)11-13-7-5-6-8-14(13)19-4-2/h5-10H,3-4,11-12H2,1-2H3,(H,16,17). The van der Waals surface area contributed by atoms with E-state index in [2.05, 4.69) is 33.9 Å². The van der Waals surface area contributed by atoms with Gasteiger partial charge in [0.15, 0.2) is 0 Å². The van der Waals surface area contributed by atoms with Gasteiger partial charge in [0, 0.05) is 24.5 Å². The maximum Gasteiger partial charge on any atom is 0.123 e. The lowest BCUT2D eigenvalue weighted by Crippen LogP contribution is -2.23. The predicted octanol–water partition coefficient (Wildman–Crippen LogP) is 2.83. The minimum atomic E-state index is 0.696. The Bertz CT molecular complexity index is 482. The van der Waals surface area contributed by atoms with E-state index in [-0.39, 0.29) is 0 Å². The van der Waals surface area contributed by atoms with E-state index in [0.717, 1.165) is 31.2 Å². The summed E-state index contributed by atoms with van der Waals surface area (Å²) in [6, 6.07) is 8.21. The predicted molar refractivity (Wildman–Crippen MR) is 76.0 cm³/mol. The van der Waals surface area contributed by atoms with Gasteiger partial charge in [-0.2, -0.15) is 0 Å². The van der Waals surface area contributed by atoms with Crippen LogP contribution in [-0.2, 0) is 13.1 Å². The molecule has 4 heteroatoms. The average molecular weight is 259 g/mol. The van der Waals surface area contributed by atoms with Crippen molar-refractivity contribution in [2.45, 2.75) is 26.9 Å². The number of aromatic nitrogens is 2. The molecule has 0 aliphatic carbocycles. The molecule has 0 amide bonds. The van der Waals surface area contributed by atoms with Gasteiger partial charge in [-0.05, 0) is 19.5 Å². The molecule has 0 bridgehead atoms. The van der Waals surface area contributed by atoms with Crippen molar-refractivity contribution in [2.75, 3.05) is 13.2 Å². The molecule has 0 aliphatic heterocycles. The van der Waals surface area contributed by atoms with Crippen molar-refractivity contribution in [2.24, 2.45) is 0 Å².